The van der Waals surface area contributed by atoms with Gasteiger partial charge < -0.3 is 10.1 Å². The summed E-state index contributed by atoms with van der Waals surface area (Å²) in [6.07, 6.45) is 3.30. The predicted molar refractivity (Wildman–Crippen MR) is 86.8 cm³/mol. The lowest BCUT2D eigenvalue weighted by Gasteiger charge is -2.08. The molecular weight excluding hydrogens is 292 g/mol. The van der Waals surface area contributed by atoms with Crippen molar-refractivity contribution < 1.29 is 9.53 Å². The number of H-pyrrole nitrogens is 1. The minimum atomic E-state index is -0.210. The van der Waals surface area contributed by atoms with Gasteiger partial charge in [-0.05, 0) is 44.2 Å². The molecule has 6 nitrogen and oxygen atoms in total. The standard InChI is InChI=1S/C17H16N4O2/c1-11-16(12(2)21-20-11)19-17(22)13-4-3-5-15(10-13)23-14-6-8-18-9-7-14/h3-10H,1-2H3,(H,19,22)(H,20,21). The van der Waals surface area contributed by atoms with Gasteiger partial charge in [0, 0.05) is 18.0 Å². The van der Waals surface area contributed by atoms with E-state index >= 15 is 0 Å². The van der Waals surface area contributed by atoms with Gasteiger partial charge in [-0.15, -0.1) is 0 Å². The molecule has 0 fully saturated rings. The van der Waals surface area contributed by atoms with Gasteiger partial charge in [0.05, 0.1) is 17.1 Å². The van der Waals surface area contributed by atoms with Crippen LogP contribution in [0.15, 0.2) is 48.8 Å². The molecule has 2 heterocycles. The molecule has 0 unspecified atom stereocenters. The van der Waals surface area contributed by atoms with Crippen LogP contribution in [0.3, 0.4) is 0 Å². The van der Waals surface area contributed by atoms with Crippen molar-refractivity contribution in [1.29, 1.82) is 0 Å². The first-order chi connectivity index (χ1) is 11.1. The van der Waals surface area contributed by atoms with E-state index in [2.05, 4.69) is 20.5 Å². The second kappa shape index (κ2) is 6.31. The SMILES string of the molecule is Cc1n[nH]c(C)c1NC(=O)c1cccc(Oc2ccncc2)c1. The Balaban J connectivity index is 1.78. The summed E-state index contributed by atoms with van der Waals surface area (Å²) in [5, 5.41) is 9.78. The third-order valence-electron chi connectivity index (χ3n) is 3.35. The number of pyridine rings is 1. The summed E-state index contributed by atoms with van der Waals surface area (Å²) in [4.78, 5) is 16.3. The number of ether oxygens (including phenoxy) is 1. The zero-order valence-electron chi connectivity index (χ0n) is 12.8. The Bertz CT molecular complexity index is 808. The minimum Gasteiger partial charge on any atom is -0.457 e. The maximum Gasteiger partial charge on any atom is 0.255 e. The Morgan fingerprint density at radius 2 is 1.91 bits per heavy atom. The summed E-state index contributed by atoms with van der Waals surface area (Å²) in [7, 11) is 0. The molecule has 0 aliphatic heterocycles. The van der Waals surface area contributed by atoms with Crippen LogP contribution in [0.1, 0.15) is 21.7 Å². The van der Waals surface area contributed by atoms with E-state index in [0.717, 1.165) is 11.4 Å². The van der Waals surface area contributed by atoms with Crippen LogP contribution in [0, 0.1) is 13.8 Å². The highest BCUT2D eigenvalue weighted by Crippen LogP contribution is 2.23. The third kappa shape index (κ3) is 3.37. The summed E-state index contributed by atoms with van der Waals surface area (Å²) >= 11 is 0. The van der Waals surface area contributed by atoms with Crippen LogP contribution in [0.2, 0.25) is 0 Å². The first kappa shape index (κ1) is 14.8. The second-order valence-corrected chi connectivity index (χ2v) is 5.08. The number of nitrogens with one attached hydrogen (secondary N) is 2. The monoisotopic (exact) mass is 308 g/mol. The van der Waals surface area contributed by atoms with Gasteiger partial charge >= 0.3 is 0 Å². The van der Waals surface area contributed by atoms with E-state index in [0.29, 0.717) is 22.7 Å². The van der Waals surface area contributed by atoms with E-state index in [1.54, 1.807) is 48.8 Å². The van der Waals surface area contributed by atoms with E-state index in [4.69, 9.17) is 4.74 Å². The molecule has 0 saturated carbocycles. The number of aromatic nitrogens is 3. The molecule has 1 amide bonds. The van der Waals surface area contributed by atoms with E-state index in [-0.39, 0.29) is 5.91 Å². The topological polar surface area (TPSA) is 79.9 Å². The Morgan fingerprint density at radius 3 is 2.61 bits per heavy atom. The van der Waals surface area contributed by atoms with Crippen molar-refractivity contribution in [1.82, 2.24) is 15.2 Å². The zero-order chi connectivity index (χ0) is 16.2. The van der Waals surface area contributed by atoms with Gasteiger partial charge in [-0.25, -0.2) is 0 Å². The Labute approximate surface area is 133 Å². The summed E-state index contributed by atoms with van der Waals surface area (Å²) in [6, 6.07) is 10.5. The molecule has 116 valence electrons. The number of nitrogens with zero attached hydrogens (tertiary/aromatic N) is 2. The van der Waals surface area contributed by atoms with Gasteiger partial charge in [0.25, 0.3) is 5.91 Å². The van der Waals surface area contributed by atoms with E-state index < -0.39 is 0 Å². The van der Waals surface area contributed by atoms with E-state index in [1.807, 2.05) is 13.8 Å². The molecule has 2 N–H and O–H groups in total. The molecule has 0 aliphatic rings. The second-order valence-electron chi connectivity index (χ2n) is 5.08. The molecule has 0 spiro atoms. The maximum absolute atomic E-state index is 12.4. The first-order valence-corrected chi connectivity index (χ1v) is 7.14. The third-order valence-corrected chi connectivity index (χ3v) is 3.35. The smallest absolute Gasteiger partial charge is 0.255 e. The van der Waals surface area contributed by atoms with Crippen molar-refractivity contribution in [3.05, 3.63) is 65.7 Å². The number of hydrogen-bond donors (Lipinski definition) is 2. The number of amides is 1. The molecular formula is C17H16N4O2. The fourth-order valence-electron chi connectivity index (χ4n) is 2.16. The average molecular weight is 308 g/mol. The van der Waals surface area contributed by atoms with E-state index in [1.165, 1.54) is 0 Å². The van der Waals surface area contributed by atoms with Crippen LogP contribution in [0.25, 0.3) is 0 Å². The molecule has 1 aromatic carbocycles. The first-order valence-electron chi connectivity index (χ1n) is 7.14. The maximum atomic E-state index is 12.4. The number of aromatic amines is 1. The fourth-order valence-corrected chi connectivity index (χ4v) is 2.16. The quantitative estimate of drug-likeness (QED) is 0.773. The fraction of sp³-hybridized carbons (Fsp3) is 0.118. The van der Waals surface area contributed by atoms with Crippen LogP contribution < -0.4 is 10.1 Å². The molecule has 0 saturated heterocycles. The van der Waals surface area contributed by atoms with Gasteiger partial charge in [-0.1, -0.05) is 6.07 Å². The number of hydrogen-bond acceptors (Lipinski definition) is 4. The normalized spacial score (nSPS) is 10.3. The lowest BCUT2D eigenvalue weighted by Crippen LogP contribution is -2.13. The highest BCUT2D eigenvalue weighted by Gasteiger charge is 2.12. The molecule has 2 aromatic heterocycles. The van der Waals surface area contributed by atoms with Crippen LogP contribution in [-0.4, -0.2) is 21.1 Å². The summed E-state index contributed by atoms with van der Waals surface area (Å²) < 4.78 is 5.71. The van der Waals surface area contributed by atoms with Crippen molar-refractivity contribution in [2.45, 2.75) is 13.8 Å². The number of carbonyl (C=O) groups excluding carboxylic acids is 1. The number of aryl methyl sites for hydroxylation is 2. The number of carbonyl (C=O) groups is 1. The molecule has 0 atom stereocenters. The van der Waals surface area contributed by atoms with Crippen molar-refractivity contribution in [2.75, 3.05) is 5.32 Å². The molecule has 3 aromatic rings. The number of benzene rings is 1. The van der Waals surface area contributed by atoms with Gasteiger partial charge in [0.15, 0.2) is 0 Å². The summed E-state index contributed by atoms with van der Waals surface area (Å²) in [6.45, 7) is 3.70. The zero-order valence-corrected chi connectivity index (χ0v) is 12.8. The van der Waals surface area contributed by atoms with Gasteiger partial charge in [0.2, 0.25) is 0 Å². The van der Waals surface area contributed by atoms with Gasteiger partial charge in [0.1, 0.15) is 11.5 Å². The van der Waals surface area contributed by atoms with Crippen LogP contribution in [0.5, 0.6) is 11.5 Å². The van der Waals surface area contributed by atoms with E-state index in [9.17, 15) is 4.79 Å². The molecule has 0 bridgehead atoms. The summed E-state index contributed by atoms with van der Waals surface area (Å²) in [5.74, 6) is 1.04. The Hall–Kier alpha value is -3.15. The highest BCUT2D eigenvalue weighted by molar-refractivity contribution is 6.05. The van der Waals surface area contributed by atoms with Crippen molar-refractivity contribution in [2.24, 2.45) is 0 Å². The Kier molecular flexibility index (Phi) is 4.05. The van der Waals surface area contributed by atoms with Crippen LogP contribution in [-0.2, 0) is 0 Å². The Morgan fingerprint density at radius 1 is 1.13 bits per heavy atom. The minimum absolute atomic E-state index is 0.210. The van der Waals surface area contributed by atoms with Crippen LogP contribution >= 0.6 is 0 Å². The molecule has 0 radical (unpaired) electrons. The van der Waals surface area contributed by atoms with Crippen molar-refractivity contribution >= 4 is 11.6 Å². The molecule has 23 heavy (non-hydrogen) atoms. The van der Waals surface area contributed by atoms with Gasteiger partial charge in [-0.3, -0.25) is 14.9 Å². The molecule has 0 aliphatic carbocycles. The molecule has 6 heteroatoms. The highest BCUT2D eigenvalue weighted by atomic mass is 16.5. The molecule has 3 rings (SSSR count). The lowest BCUT2D eigenvalue weighted by atomic mass is 10.2. The average Bonchev–Trinajstić information content (AvgIpc) is 2.88. The number of anilines is 1. The largest absolute Gasteiger partial charge is 0.457 e. The van der Waals surface area contributed by atoms with Crippen molar-refractivity contribution in [3.8, 4) is 11.5 Å². The van der Waals surface area contributed by atoms with Gasteiger partial charge in [-0.2, -0.15) is 5.10 Å². The lowest BCUT2D eigenvalue weighted by molar-refractivity contribution is 0.102. The number of rotatable bonds is 4. The predicted octanol–water partition coefficient (Wildman–Crippen LogP) is 3.47. The van der Waals surface area contributed by atoms with Crippen LogP contribution in [0.4, 0.5) is 5.69 Å². The summed E-state index contributed by atoms with van der Waals surface area (Å²) in [5.41, 5.74) is 2.78. The van der Waals surface area contributed by atoms with Crippen molar-refractivity contribution in [3.63, 3.8) is 0 Å².